The number of nitrogens with one attached hydrogen (secondary N) is 1. The van der Waals surface area contributed by atoms with Crippen molar-refractivity contribution in [3.63, 3.8) is 0 Å². The number of hydrogen-bond acceptors (Lipinski definition) is 3. The molecular weight excluding hydrogens is 361 g/mol. The SMILES string of the molecule is O=C(O)CCC(Cc1ccc(Cl)cc1F)NC(=O)OCc1ccccc1. The Kier molecular flexibility index (Phi) is 7.41. The van der Waals surface area contributed by atoms with E-state index in [4.69, 9.17) is 21.4 Å². The van der Waals surface area contributed by atoms with Crippen molar-refractivity contribution in [2.45, 2.75) is 31.9 Å². The smallest absolute Gasteiger partial charge is 0.407 e. The summed E-state index contributed by atoms with van der Waals surface area (Å²) >= 11 is 5.73. The number of halogens is 2. The molecule has 0 spiro atoms. The van der Waals surface area contributed by atoms with Gasteiger partial charge in [-0.3, -0.25) is 4.79 Å². The molecule has 0 aromatic heterocycles. The van der Waals surface area contributed by atoms with Crippen molar-refractivity contribution in [1.29, 1.82) is 0 Å². The van der Waals surface area contributed by atoms with Crippen molar-refractivity contribution >= 4 is 23.7 Å². The lowest BCUT2D eigenvalue weighted by Gasteiger charge is -2.18. The minimum absolute atomic E-state index is 0.0909. The van der Waals surface area contributed by atoms with E-state index in [1.807, 2.05) is 30.3 Å². The van der Waals surface area contributed by atoms with Crippen molar-refractivity contribution in [2.75, 3.05) is 0 Å². The monoisotopic (exact) mass is 379 g/mol. The third-order valence-corrected chi connectivity index (χ3v) is 3.96. The van der Waals surface area contributed by atoms with Gasteiger partial charge in [-0.25, -0.2) is 9.18 Å². The Labute approximate surface area is 155 Å². The van der Waals surface area contributed by atoms with Gasteiger partial charge in [-0.05, 0) is 36.1 Å². The Morgan fingerprint density at radius 2 is 1.92 bits per heavy atom. The third kappa shape index (κ3) is 6.72. The van der Waals surface area contributed by atoms with Gasteiger partial charge >= 0.3 is 12.1 Å². The number of carboxylic acids is 1. The summed E-state index contributed by atoms with van der Waals surface area (Å²) in [7, 11) is 0. The van der Waals surface area contributed by atoms with E-state index in [0.29, 0.717) is 5.56 Å². The van der Waals surface area contributed by atoms with E-state index in [1.54, 1.807) is 6.07 Å². The van der Waals surface area contributed by atoms with E-state index in [2.05, 4.69) is 5.32 Å². The summed E-state index contributed by atoms with van der Waals surface area (Å²) in [6.45, 7) is 0.0909. The Hall–Kier alpha value is -2.60. The zero-order valence-corrected chi connectivity index (χ0v) is 14.7. The van der Waals surface area contributed by atoms with E-state index in [-0.39, 0.29) is 30.9 Å². The van der Waals surface area contributed by atoms with Gasteiger partial charge in [0.25, 0.3) is 0 Å². The number of carbonyl (C=O) groups is 2. The van der Waals surface area contributed by atoms with Gasteiger partial charge in [0.05, 0.1) is 0 Å². The molecule has 0 saturated carbocycles. The van der Waals surface area contributed by atoms with Crippen molar-refractivity contribution in [3.05, 3.63) is 70.5 Å². The van der Waals surface area contributed by atoms with Crippen LogP contribution in [0.3, 0.4) is 0 Å². The summed E-state index contributed by atoms with van der Waals surface area (Å²) in [4.78, 5) is 22.8. The van der Waals surface area contributed by atoms with Crippen LogP contribution in [0.4, 0.5) is 9.18 Å². The molecule has 5 nitrogen and oxygen atoms in total. The highest BCUT2D eigenvalue weighted by molar-refractivity contribution is 6.30. The van der Waals surface area contributed by atoms with Crippen molar-refractivity contribution in [2.24, 2.45) is 0 Å². The molecule has 2 N–H and O–H groups in total. The van der Waals surface area contributed by atoms with Gasteiger partial charge in [-0.15, -0.1) is 0 Å². The Morgan fingerprint density at radius 1 is 1.19 bits per heavy atom. The molecular formula is C19H19ClFNO4. The molecule has 0 radical (unpaired) electrons. The van der Waals surface area contributed by atoms with Crippen LogP contribution in [0.1, 0.15) is 24.0 Å². The molecule has 1 unspecified atom stereocenters. The molecule has 0 heterocycles. The number of ether oxygens (including phenoxy) is 1. The van der Waals surface area contributed by atoms with Gasteiger partial charge in [0.1, 0.15) is 12.4 Å². The number of rotatable bonds is 8. The molecule has 0 aliphatic carbocycles. The lowest BCUT2D eigenvalue weighted by Crippen LogP contribution is -2.37. The number of benzene rings is 2. The van der Waals surface area contributed by atoms with Gasteiger partial charge in [0.15, 0.2) is 0 Å². The van der Waals surface area contributed by atoms with E-state index < -0.39 is 23.9 Å². The van der Waals surface area contributed by atoms with Crippen LogP contribution >= 0.6 is 11.6 Å². The molecule has 7 heteroatoms. The maximum Gasteiger partial charge on any atom is 0.407 e. The largest absolute Gasteiger partial charge is 0.481 e. The molecule has 0 fully saturated rings. The van der Waals surface area contributed by atoms with Crippen LogP contribution in [-0.4, -0.2) is 23.2 Å². The summed E-state index contributed by atoms with van der Waals surface area (Å²) in [5.41, 5.74) is 1.17. The second-order valence-corrected chi connectivity index (χ2v) is 6.21. The summed E-state index contributed by atoms with van der Waals surface area (Å²) in [5, 5.41) is 11.7. The topological polar surface area (TPSA) is 75.6 Å². The van der Waals surface area contributed by atoms with Gasteiger partial charge in [-0.2, -0.15) is 0 Å². The number of amides is 1. The first-order valence-corrected chi connectivity index (χ1v) is 8.45. The van der Waals surface area contributed by atoms with Crippen LogP contribution in [0, 0.1) is 5.82 Å². The fraction of sp³-hybridized carbons (Fsp3) is 0.263. The number of carbonyl (C=O) groups excluding carboxylic acids is 1. The van der Waals surface area contributed by atoms with E-state index in [1.165, 1.54) is 12.1 Å². The van der Waals surface area contributed by atoms with Crippen LogP contribution in [0.5, 0.6) is 0 Å². The Balaban J connectivity index is 1.96. The minimum atomic E-state index is -0.994. The zero-order chi connectivity index (χ0) is 18.9. The number of alkyl carbamates (subject to hydrolysis) is 1. The normalized spacial score (nSPS) is 11.6. The Morgan fingerprint density at radius 3 is 2.58 bits per heavy atom. The first-order chi connectivity index (χ1) is 12.4. The highest BCUT2D eigenvalue weighted by Gasteiger charge is 2.17. The van der Waals surface area contributed by atoms with Crippen molar-refractivity contribution in [3.8, 4) is 0 Å². The standard InChI is InChI=1S/C19H19ClFNO4/c20-15-7-6-14(17(21)11-15)10-16(8-9-18(23)24)22-19(25)26-12-13-4-2-1-3-5-13/h1-7,11,16H,8-10,12H2,(H,22,25)(H,23,24). The molecule has 1 amide bonds. The molecule has 0 aliphatic rings. The fourth-order valence-electron chi connectivity index (χ4n) is 2.41. The summed E-state index contributed by atoms with van der Waals surface area (Å²) in [6.07, 6.45) is -0.550. The lowest BCUT2D eigenvalue weighted by molar-refractivity contribution is -0.137. The average Bonchev–Trinajstić information content (AvgIpc) is 2.61. The number of hydrogen-bond donors (Lipinski definition) is 2. The predicted molar refractivity (Wildman–Crippen MR) is 95.5 cm³/mol. The molecule has 2 aromatic carbocycles. The molecule has 2 aromatic rings. The summed E-state index contributed by atoms with van der Waals surface area (Å²) < 4.78 is 19.1. The fourth-order valence-corrected chi connectivity index (χ4v) is 2.57. The van der Waals surface area contributed by atoms with Gasteiger partial charge < -0.3 is 15.2 Å². The van der Waals surface area contributed by atoms with Crippen LogP contribution < -0.4 is 5.32 Å². The van der Waals surface area contributed by atoms with Gasteiger partial charge in [0.2, 0.25) is 0 Å². The first kappa shape index (κ1) is 19.7. The quantitative estimate of drug-likeness (QED) is 0.721. The zero-order valence-electron chi connectivity index (χ0n) is 14.0. The molecule has 26 heavy (non-hydrogen) atoms. The van der Waals surface area contributed by atoms with E-state index in [0.717, 1.165) is 5.56 Å². The van der Waals surface area contributed by atoms with Crippen LogP contribution in [0.15, 0.2) is 48.5 Å². The van der Waals surface area contributed by atoms with Crippen molar-refractivity contribution < 1.29 is 23.8 Å². The number of aliphatic carboxylic acids is 1. The van der Waals surface area contributed by atoms with Gasteiger partial charge in [-0.1, -0.05) is 48.0 Å². The maximum atomic E-state index is 14.0. The highest BCUT2D eigenvalue weighted by atomic mass is 35.5. The molecule has 0 bridgehead atoms. The molecule has 1 atom stereocenters. The van der Waals surface area contributed by atoms with Crippen molar-refractivity contribution in [1.82, 2.24) is 5.32 Å². The third-order valence-electron chi connectivity index (χ3n) is 3.72. The van der Waals surface area contributed by atoms with Crippen LogP contribution in [-0.2, 0) is 22.6 Å². The maximum absolute atomic E-state index is 14.0. The summed E-state index contributed by atoms with van der Waals surface area (Å²) in [6, 6.07) is 12.8. The Bertz CT molecular complexity index is 754. The molecule has 2 rings (SSSR count). The lowest BCUT2D eigenvalue weighted by atomic mass is 10.0. The summed E-state index contributed by atoms with van der Waals surface area (Å²) in [5.74, 6) is -1.50. The van der Waals surface area contributed by atoms with Gasteiger partial charge in [0, 0.05) is 17.5 Å². The molecule has 0 aliphatic heterocycles. The van der Waals surface area contributed by atoms with E-state index in [9.17, 15) is 14.0 Å². The first-order valence-electron chi connectivity index (χ1n) is 8.07. The number of carboxylic acid groups (broad SMARTS) is 1. The van der Waals surface area contributed by atoms with Crippen LogP contribution in [0.2, 0.25) is 5.02 Å². The predicted octanol–water partition coefficient (Wildman–Crippen LogP) is 4.18. The van der Waals surface area contributed by atoms with E-state index >= 15 is 0 Å². The second-order valence-electron chi connectivity index (χ2n) is 5.78. The minimum Gasteiger partial charge on any atom is -0.481 e. The average molecular weight is 380 g/mol. The highest BCUT2D eigenvalue weighted by Crippen LogP contribution is 2.17. The second kappa shape index (κ2) is 9.77. The molecule has 138 valence electrons. The van der Waals surface area contributed by atoms with Crippen LogP contribution in [0.25, 0.3) is 0 Å². The molecule has 0 saturated heterocycles.